The van der Waals surface area contributed by atoms with E-state index in [0.29, 0.717) is 22.7 Å². The van der Waals surface area contributed by atoms with E-state index in [1.807, 2.05) is 27.7 Å². The molecule has 0 saturated heterocycles. The van der Waals surface area contributed by atoms with Gasteiger partial charge in [-0.05, 0) is 75.9 Å². The second kappa shape index (κ2) is 12.7. The van der Waals surface area contributed by atoms with Gasteiger partial charge >= 0.3 is 0 Å². The van der Waals surface area contributed by atoms with Gasteiger partial charge in [0.15, 0.2) is 0 Å². The lowest BCUT2D eigenvalue weighted by Gasteiger charge is -2.33. The van der Waals surface area contributed by atoms with E-state index in [4.69, 9.17) is 11.6 Å². The van der Waals surface area contributed by atoms with Gasteiger partial charge in [-0.25, -0.2) is 12.8 Å². The molecule has 2 rings (SSSR count). The zero-order valence-electron chi connectivity index (χ0n) is 22.3. The van der Waals surface area contributed by atoms with E-state index >= 15 is 0 Å². The zero-order chi connectivity index (χ0) is 28.0. The summed E-state index contributed by atoms with van der Waals surface area (Å²) in [6.07, 6.45) is 1.74. The molecule has 2 amide bonds. The summed E-state index contributed by atoms with van der Waals surface area (Å²) in [5, 5.41) is 3.34. The summed E-state index contributed by atoms with van der Waals surface area (Å²) < 4.78 is 39.8. The van der Waals surface area contributed by atoms with Gasteiger partial charge in [-0.15, -0.1) is 0 Å². The summed E-state index contributed by atoms with van der Waals surface area (Å²) in [7, 11) is -3.63. The minimum atomic E-state index is -3.63. The summed E-state index contributed by atoms with van der Waals surface area (Å²) in [6.45, 7) is 9.40. The Morgan fingerprint density at radius 2 is 1.73 bits per heavy atom. The first-order valence-electron chi connectivity index (χ1n) is 12.2. The number of carbonyl (C=O) groups excluding carboxylic acids is 2. The average Bonchev–Trinajstić information content (AvgIpc) is 2.77. The van der Waals surface area contributed by atoms with Crippen LogP contribution >= 0.6 is 11.6 Å². The number of nitrogens with one attached hydrogen (secondary N) is 1. The van der Waals surface area contributed by atoms with Crippen molar-refractivity contribution in [3.8, 4) is 0 Å². The van der Waals surface area contributed by atoms with Crippen molar-refractivity contribution in [3.05, 3.63) is 64.4 Å². The van der Waals surface area contributed by atoms with Crippen LogP contribution in [0.1, 0.15) is 58.1 Å². The van der Waals surface area contributed by atoms with E-state index in [9.17, 15) is 22.4 Å². The number of hydrogen-bond acceptors (Lipinski definition) is 4. The lowest BCUT2D eigenvalue weighted by atomic mass is 10.0. The van der Waals surface area contributed by atoms with Crippen molar-refractivity contribution in [2.24, 2.45) is 0 Å². The van der Waals surface area contributed by atoms with E-state index < -0.39 is 27.4 Å². The van der Waals surface area contributed by atoms with E-state index in [2.05, 4.69) is 5.32 Å². The van der Waals surface area contributed by atoms with Gasteiger partial charge < -0.3 is 10.2 Å². The third-order valence-electron chi connectivity index (χ3n) is 5.74. The monoisotopic (exact) mass is 553 g/mol. The van der Waals surface area contributed by atoms with Gasteiger partial charge in [0.05, 0.1) is 11.9 Å². The minimum absolute atomic E-state index is 0.0200. The normalized spacial score (nSPS) is 12.6. The molecule has 0 aromatic heterocycles. The standard InChI is InChI=1S/C27H37ClFN3O4S/c1-7-23(26(34)30-27(3,4)5)31(18-20-11-14-22(29)15-12-20)25(33)9-8-16-32(37(6,35)36)24-17-21(28)13-10-19(24)2/h10-15,17,23H,7-9,16,18H2,1-6H3,(H,30,34)/t23-/m1/s1. The first kappa shape index (κ1) is 30.6. The van der Waals surface area contributed by atoms with Crippen LogP contribution in [-0.2, 0) is 26.2 Å². The van der Waals surface area contributed by atoms with E-state index in [0.717, 1.165) is 11.8 Å². The molecule has 0 radical (unpaired) electrons. The second-order valence-electron chi connectivity index (χ2n) is 10.2. The number of nitrogens with zero attached hydrogens (tertiary/aromatic N) is 2. The fourth-order valence-corrected chi connectivity index (χ4v) is 5.17. The molecule has 0 spiro atoms. The Labute approximate surface area is 225 Å². The molecule has 7 nitrogen and oxygen atoms in total. The molecule has 0 unspecified atom stereocenters. The van der Waals surface area contributed by atoms with E-state index in [-0.39, 0.29) is 37.7 Å². The number of aryl methyl sites for hydroxylation is 1. The lowest BCUT2D eigenvalue weighted by Crippen LogP contribution is -2.53. The summed E-state index contributed by atoms with van der Waals surface area (Å²) in [4.78, 5) is 28.0. The molecule has 37 heavy (non-hydrogen) atoms. The van der Waals surface area contributed by atoms with Gasteiger partial charge in [0.2, 0.25) is 21.8 Å². The van der Waals surface area contributed by atoms with Crippen LogP contribution in [0, 0.1) is 12.7 Å². The molecule has 2 aromatic rings. The second-order valence-corrected chi connectivity index (χ2v) is 12.5. The minimum Gasteiger partial charge on any atom is -0.350 e. The van der Waals surface area contributed by atoms with Crippen molar-refractivity contribution in [1.82, 2.24) is 10.2 Å². The molecular weight excluding hydrogens is 517 g/mol. The predicted octanol–water partition coefficient (Wildman–Crippen LogP) is 5.06. The Morgan fingerprint density at radius 3 is 2.27 bits per heavy atom. The molecule has 0 saturated carbocycles. The smallest absolute Gasteiger partial charge is 0.243 e. The van der Waals surface area contributed by atoms with Gasteiger partial charge in [-0.3, -0.25) is 13.9 Å². The quantitative estimate of drug-likeness (QED) is 0.421. The highest BCUT2D eigenvalue weighted by Crippen LogP contribution is 2.27. The largest absolute Gasteiger partial charge is 0.350 e. The van der Waals surface area contributed by atoms with Gasteiger partial charge in [-0.1, -0.05) is 36.7 Å². The number of anilines is 1. The number of halogens is 2. The molecule has 10 heteroatoms. The average molecular weight is 554 g/mol. The Morgan fingerprint density at radius 1 is 1.11 bits per heavy atom. The van der Waals surface area contributed by atoms with Crippen molar-refractivity contribution >= 4 is 39.1 Å². The van der Waals surface area contributed by atoms with Crippen LogP contribution in [0.2, 0.25) is 5.02 Å². The first-order chi connectivity index (χ1) is 17.1. The highest BCUT2D eigenvalue weighted by atomic mass is 35.5. The third-order valence-corrected chi connectivity index (χ3v) is 7.16. The van der Waals surface area contributed by atoms with Crippen molar-refractivity contribution in [2.75, 3.05) is 17.1 Å². The Bertz CT molecular complexity index is 1200. The predicted molar refractivity (Wildman–Crippen MR) is 147 cm³/mol. The summed E-state index contributed by atoms with van der Waals surface area (Å²) in [6, 6.07) is 10.1. The van der Waals surface area contributed by atoms with Crippen LogP contribution in [0.15, 0.2) is 42.5 Å². The molecule has 0 bridgehead atoms. The maximum Gasteiger partial charge on any atom is 0.243 e. The van der Waals surface area contributed by atoms with Crippen molar-refractivity contribution < 1.29 is 22.4 Å². The maximum atomic E-state index is 13.5. The molecule has 0 aliphatic rings. The van der Waals surface area contributed by atoms with Crippen LogP contribution in [0.4, 0.5) is 10.1 Å². The number of benzene rings is 2. The van der Waals surface area contributed by atoms with Crippen LogP contribution in [0.25, 0.3) is 0 Å². The Hall–Kier alpha value is -2.65. The number of sulfonamides is 1. The van der Waals surface area contributed by atoms with Crippen LogP contribution in [0.5, 0.6) is 0 Å². The fraction of sp³-hybridized carbons (Fsp3) is 0.481. The molecule has 0 fully saturated rings. The zero-order valence-corrected chi connectivity index (χ0v) is 23.9. The fourth-order valence-electron chi connectivity index (χ4n) is 3.99. The van der Waals surface area contributed by atoms with Gasteiger partial charge in [0, 0.05) is 30.1 Å². The summed E-state index contributed by atoms with van der Waals surface area (Å²) >= 11 is 6.11. The third kappa shape index (κ3) is 9.31. The molecule has 0 heterocycles. The highest BCUT2D eigenvalue weighted by molar-refractivity contribution is 7.92. The number of amides is 2. The number of rotatable bonds is 11. The van der Waals surface area contributed by atoms with Crippen molar-refractivity contribution in [1.29, 1.82) is 0 Å². The molecular formula is C27H37ClFN3O4S. The molecule has 1 atom stereocenters. The van der Waals surface area contributed by atoms with Crippen molar-refractivity contribution in [3.63, 3.8) is 0 Å². The van der Waals surface area contributed by atoms with Crippen LogP contribution < -0.4 is 9.62 Å². The van der Waals surface area contributed by atoms with Crippen molar-refractivity contribution in [2.45, 2.75) is 72.0 Å². The number of carbonyl (C=O) groups is 2. The lowest BCUT2D eigenvalue weighted by molar-refractivity contribution is -0.142. The summed E-state index contributed by atoms with van der Waals surface area (Å²) in [5.41, 5.74) is 1.40. The first-order valence-corrected chi connectivity index (χ1v) is 14.4. The van der Waals surface area contributed by atoms with E-state index in [1.165, 1.54) is 21.3 Å². The molecule has 0 aliphatic heterocycles. The highest BCUT2D eigenvalue weighted by Gasteiger charge is 2.31. The van der Waals surface area contributed by atoms with E-state index in [1.54, 1.807) is 37.3 Å². The number of hydrogen-bond donors (Lipinski definition) is 1. The molecule has 2 aromatic carbocycles. The van der Waals surface area contributed by atoms with Crippen LogP contribution in [0.3, 0.4) is 0 Å². The topological polar surface area (TPSA) is 86.8 Å². The summed E-state index contributed by atoms with van der Waals surface area (Å²) in [5.74, 6) is -0.967. The Balaban J connectivity index is 2.27. The SMILES string of the molecule is CC[C@H](C(=O)NC(C)(C)C)N(Cc1ccc(F)cc1)C(=O)CCCN(c1cc(Cl)ccc1C)S(C)(=O)=O. The van der Waals surface area contributed by atoms with Gasteiger partial charge in [0.25, 0.3) is 0 Å². The molecule has 1 N–H and O–H groups in total. The van der Waals surface area contributed by atoms with Gasteiger partial charge in [-0.2, -0.15) is 0 Å². The maximum absolute atomic E-state index is 13.5. The van der Waals surface area contributed by atoms with Crippen LogP contribution in [-0.4, -0.2) is 49.5 Å². The Kier molecular flexibility index (Phi) is 10.5. The molecule has 0 aliphatic carbocycles. The van der Waals surface area contributed by atoms with Gasteiger partial charge in [0.1, 0.15) is 11.9 Å². The molecule has 204 valence electrons.